The minimum absolute atomic E-state index is 0.00271. The van der Waals surface area contributed by atoms with Crippen LogP contribution >= 0.6 is 0 Å². The highest BCUT2D eigenvalue weighted by Gasteiger charge is 2.25. The summed E-state index contributed by atoms with van der Waals surface area (Å²) in [6.45, 7) is 4.75. The van der Waals surface area contributed by atoms with Gasteiger partial charge in [0.2, 0.25) is 5.91 Å². The van der Waals surface area contributed by atoms with Crippen LogP contribution in [0.25, 0.3) is 10.9 Å². The molecule has 1 aromatic carbocycles. The van der Waals surface area contributed by atoms with E-state index in [0.717, 1.165) is 38.9 Å². The summed E-state index contributed by atoms with van der Waals surface area (Å²) in [7, 11) is 0. The van der Waals surface area contributed by atoms with Gasteiger partial charge < -0.3 is 10.2 Å². The van der Waals surface area contributed by atoms with Gasteiger partial charge in [0, 0.05) is 12.6 Å². The first kappa shape index (κ1) is 16.6. The molecule has 1 amide bonds. The number of piperidine rings is 1. The van der Waals surface area contributed by atoms with Crippen molar-refractivity contribution >= 4 is 16.8 Å². The van der Waals surface area contributed by atoms with Crippen LogP contribution < -0.4 is 10.9 Å². The number of aromatic nitrogens is 2. The lowest BCUT2D eigenvalue weighted by atomic mass is 10.0. The standard InChI is InChI=1S/C18H24N4O2/c1-2-11-22(14-7-9-19-10-8-14)17(23)12-21-13-20-16-6-4-3-5-15(16)18(21)24/h3-6,13-14,19H,2,7-12H2,1H3. The molecule has 1 aromatic heterocycles. The molecule has 0 unspecified atom stereocenters. The van der Waals surface area contributed by atoms with Gasteiger partial charge in [-0.3, -0.25) is 14.2 Å². The van der Waals surface area contributed by atoms with Gasteiger partial charge >= 0.3 is 0 Å². The molecule has 2 heterocycles. The molecule has 1 aliphatic rings. The third-order valence-electron chi connectivity index (χ3n) is 4.57. The number of fused-ring (bicyclic) bond motifs is 1. The van der Waals surface area contributed by atoms with Gasteiger partial charge in [-0.15, -0.1) is 0 Å². The zero-order valence-corrected chi connectivity index (χ0v) is 14.1. The third kappa shape index (κ3) is 3.48. The zero-order valence-electron chi connectivity index (χ0n) is 14.1. The predicted octanol–water partition coefficient (Wildman–Crippen LogP) is 1.39. The predicted molar refractivity (Wildman–Crippen MR) is 93.9 cm³/mol. The number of hydrogen-bond donors (Lipinski definition) is 1. The lowest BCUT2D eigenvalue weighted by molar-refractivity contribution is -0.134. The molecule has 3 rings (SSSR count). The summed E-state index contributed by atoms with van der Waals surface area (Å²) >= 11 is 0. The fourth-order valence-electron chi connectivity index (χ4n) is 3.33. The van der Waals surface area contributed by atoms with E-state index in [0.29, 0.717) is 10.9 Å². The lowest BCUT2D eigenvalue weighted by Crippen LogP contribution is -2.48. The number of amides is 1. The van der Waals surface area contributed by atoms with E-state index in [-0.39, 0.29) is 24.1 Å². The summed E-state index contributed by atoms with van der Waals surface area (Å²) in [6.07, 6.45) is 4.34. The SMILES string of the molecule is CCCN(C(=O)Cn1cnc2ccccc2c1=O)C1CCNCC1. The van der Waals surface area contributed by atoms with Crippen LogP contribution in [0.3, 0.4) is 0 Å². The van der Waals surface area contributed by atoms with Crippen LogP contribution in [-0.4, -0.2) is 46.0 Å². The molecular weight excluding hydrogens is 304 g/mol. The molecular formula is C18H24N4O2. The maximum absolute atomic E-state index is 12.8. The van der Waals surface area contributed by atoms with Crippen LogP contribution in [0.15, 0.2) is 35.4 Å². The van der Waals surface area contributed by atoms with Crippen molar-refractivity contribution in [3.63, 3.8) is 0 Å². The second-order valence-corrected chi connectivity index (χ2v) is 6.26. The normalized spacial score (nSPS) is 15.5. The minimum atomic E-state index is -0.157. The Morgan fingerprint density at radius 1 is 1.33 bits per heavy atom. The minimum Gasteiger partial charge on any atom is -0.338 e. The van der Waals surface area contributed by atoms with Crippen LogP contribution in [-0.2, 0) is 11.3 Å². The summed E-state index contributed by atoms with van der Waals surface area (Å²) < 4.78 is 1.43. The Labute approximate surface area is 141 Å². The van der Waals surface area contributed by atoms with Crippen molar-refractivity contribution in [3.05, 3.63) is 40.9 Å². The number of nitrogens with zero attached hydrogens (tertiary/aromatic N) is 3. The lowest BCUT2D eigenvalue weighted by Gasteiger charge is -2.34. The summed E-state index contributed by atoms with van der Waals surface area (Å²) in [5, 5.41) is 3.88. The molecule has 0 saturated carbocycles. The quantitative estimate of drug-likeness (QED) is 0.901. The fourth-order valence-corrected chi connectivity index (χ4v) is 3.33. The number of para-hydroxylation sites is 1. The molecule has 0 atom stereocenters. The number of rotatable bonds is 5. The molecule has 1 saturated heterocycles. The Morgan fingerprint density at radius 3 is 2.83 bits per heavy atom. The molecule has 1 aliphatic heterocycles. The number of hydrogen-bond acceptors (Lipinski definition) is 4. The van der Waals surface area contributed by atoms with E-state index in [1.165, 1.54) is 10.9 Å². The van der Waals surface area contributed by atoms with E-state index in [4.69, 9.17) is 0 Å². The molecule has 24 heavy (non-hydrogen) atoms. The van der Waals surface area contributed by atoms with Crippen LogP contribution in [0.5, 0.6) is 0 Å². The monoisotopic (exact) mass is 328 g/mol. The van der Waals surface area contributed by atoms with E-state index in [2.05, 4.69) is 17.2 Å². The van der Waals surface area contributed by atoms with Crippen molar-refractivity contribution in [2.24, 2.45) is 0 Å². The van der Waals surface area contributed by atoms with Gasteiger partial charge in [-0.2, -0.15) is 0 Å². The molecule has 0 spiro atoms. The summed E-state index contributed by atoms with van der Waals surface area (Å²) in [5.41, 5.74) is 0.505. The van der Waals surface area contributed by atoms with Crippen LogP contribution in [0.2, 0.25) is 0 Å². The molecule has 128 valence electrons. The maximum Gasteiger partial charge on any atom is 0.261 e. The highest BCUT2D eigenvalue weighted by Crippen LogP contribution is 2.13. The second-order valence-electron chi connectivity index (χ2n) is 6.26. The Kier molecular flexibility index (Phi) is 5.25. The summed E-state index contributed by atoms with van der Waals surface area (Å²) in [5.74, 6) is 0.00271. The van der Waals surface area contributed by atoms with E-state index in [9.17, 15) is 9.59 Å². The molecule has 0 radical (unpaired) electrons. The van der Waals surface area contributed by atoms with Crippen molar-refractivity contribution in [2.75, 3.05) is 19.6 Å². The molecule has 1 N–H and O–H groups in total. The molecule has 1 fully saturated rings. The van der Waals surface area contributed by atoms with E-state index in [1.54, 1.807) is 12.1 Å². The summed E-state index contributed by atoms with van der Waals surface area (Å²) in [4.78, 5) is 31.6. The molecule has 6 heteroatoms. The van der Waals surface area contributed by atoms with Crippen LogP contribution in [0.1, 0.15) is 26.2 Å². The largest absolute Gasteiger partial charge is 0.338 e. The van der Waals surface area contributed by atoms with Gasteiger partial charge in [0.25, 0.3) is 5.56 Å². The highest BCUT2D eigenvalue weighted by molar-refractivity contribution is 5.79. The Hall–Kier alpha value is -2.21. The molecule has 0 bridgehead atoms. The number of carbonyl (C=O) groups is 1. The van der Waals surface area contributed by atoms with Crippen LogP contribution in [0.4, 0.5) is 0 Å². The zero-order chi connectivity index (χ0) is 16.9. The van der Waals surface area contributed by atoms with Crippen molar-refractivity contribution in [2.45, 2.75) is 38.8 Å². The maximum atomic E-state index is 12.8. The van der Waals surface area contributed by atoms with Gasteiger partial charge in [0.15, 0.2) is 0 Å². The summed E-state index contributed by atoms with van der Waals surface area (Å²) in [6, 6.07) is 7.49. The first-order chi connectivity index (χ1) is 11.7. The average Bonchev–Trinajstić information content (AvgIpc) is 2.63. The average molecular weight is 328 g/mol. The van der Waals surface area contributed by atoms with Crippen LogP contribution in [0, 0.1) is 0 Å². The second kappa shape index (κ2) is 7.57. The Bertz CT molecular complexity index is 765. The highest BCUT2D eigenvalue weighted by atomic mass is 16.2. The first-order valence-electron chi connectivity index (χ1n) is 8.65. The smallest absolute Gasteiger partial charge is 0.261 e. The third-order valence-corrected chi connectivity index (χ3v) is 4.57. The van der Waals surface area contributed by atoms with Crippen molar-refractivity contribution in [3.8, 4) is 0 Å². The number of nitrogens with one attached hydrogen (secondary N) is 1. The number of carbonyl (C=O) groups excluding carboxylic acids is 1. The van der Waals surface area contributed by atoms with Gasteiger partial charge in [0.05, 0.1) is 17.2 Å². The van der Waals surface area contributed by atoms with E-state index < -0.39 is 0 Å². The molecule has 6 nitrogen and oxygen atoms in total. The fraction of sp³-hybridized carbons (Fsp3) is 0.500. The van der Waals surface area contributed by atoms with Crippen molar-refractivity contribution in [1.82, 2.24) is 19.8 Å². The van der Waals surface area contributed by atoms with Gasteiger partial charge in [-0.25, -0.2) is 4.98 Å². The topological polar surface area (TPSA) is 67.2 Å². The van der Waals surface area contributed by atoms with E-state index in [1.807, 2.05) is 17.0 Å². The van der Waals surface area contributed by atoms with Gasteiger partial charge in [-0.05, 0) is 44.5 Å². The molecule has 2 aromatic rings. The van der Waals surface area contributed by atoms with E-state index >= 15 is 0 Å². The van der Waals surface area contributed by atoms with Gasteiger partial charge in [-0.1, -0.05) is 19.1 Å². The molecule has 0 aliphatic carbocycles. The Morgan fingerprint density at radius 2 is 2.08 bits per heavy atom. The Balaban J connectivity index is 1.81. The first-order valence-corrected chi connectivity index (χ1v) is 8.65. The van der Waals surface area contributed by atoms with Crippen molar-refractivity contribution in [1.29, 1.82) is 0 Å². The number of benzene rings is 1. The van der Waals surface area contributed by atoms with Gasteiger partial charge in [0.1, 0.15) is 6.54 Å². The van der Waals surface area contributed by atoms with Crippen molar-refractivity contribution < 1.29 is 4.79 Å².